The molecule has 2 rings (SSSR count). The average molecular weight is 232 g/mol. The van der Waals surface area contributed by atoms with E-state index < -0.39 is 0 Å². The Hall–Kier alpha value is -0.890. The molecule has 1 aromatic rings. The molecule has 0 aromatic carbocycles. The van der Waals surface area contributed by atoms with E-state index >= 15 is 0 Å². The lowest BCUT2D eigenvalue weighted by Gasteiger charge is -2.09. The molecule has 0 unspecified atom stereocenters. The van der Waals surface area contributed by atoms with Crippen molar-refractivity contribution >= 4 is 0 Å². The van der Waals surface area contributed by atoms with Gasteiger partial charge in [-0.1, -0.05) is 31.7 Å². The Morgan fingerprint density at radius 3 is 2.88 bits per heavy atom. The Bertz CT molecular complexity index is 329. The standard InChI is InChI=1S/C15H24N2/c1-13-9-15(12-17-10-13)11-16-8-4-7-14-5-2-3-6-14/h9-10,12,14,16H,2-8,11H2,1H3. The van der Waals surface area contributed by atoms with Crippen molar-refractivity contribution in [2.75, 3.05) is 6.54 Å². The highest BCUT2D eigenvalue weighted by Gasteiger charge is 2.13. The maximum absolute atomic E-state index is 4.21. The van der Waals surface area contributed by atoms with E-state index in [1.165, 1.54) is 49.7 Å². The molecule has 0 radical (unpaired) electrons. The van der Waals surface area contributed by atoms with Crippen LogP contribution >= 0.6 is 0 Å². The third-order valence-electron chi connectivity index (χ3n) is 3.70. The normalized spacial score (nSPS) is 16.5. The van der Waals surface area contributed by atoms with Gasteiger partial charge in [-0.15, -0.1) is 0 Å². The fraction of sp³-hybridized carbons (Fsp3) is 0.667. The number of rotatable bonds is 6. The number of hydrogen-bond acceptors (Lipinski definition) is 2. The van der Waals surface area contributed by atoms with Crippen molar-refractivity contribution in [2.24, 2.45) is 5.92 Å². The molecule has 17 heavy (non-hydrogen) atoms. The molecule has 0 spiro atoms. The molecule has 0 atom stereocenters. The monoisotopic (exact) mass is 232 g/mol. The SMILES string of the molecule is Cc1cncc(CNCCCC2CCCC2)c1. The fourth-order valence-electron chi connectivity index (χ4n) is 2.76. The number of hydrogen-bond donors (Lipinski definition) is 1. The van der Waals surface area contributed by atoms with Crippen LogP contribution in [-0.2, 0) is 6.54 Å². The van der Waals surface area contributed by atoms with Crippen LogP contribution < -0.4 is 5.32 Å². The van der Waals surface area contributed by atoms with Gasteiger partial charge in [-0.2, -0.15) is 0 Å². The Morgan fingerprint density at radius 1 is 1.29 bits per heavy atom. The van der Waals surface area contributed by atoms with Gasteiger partial charge in [0.1, 0.15) is 0 Å². The van der Waals surface area contributed by atoms with Crippen molar-refractivity contribution < 1.29 is 0 Å². The molecule has 1 aliphatic rings. The van der Waals surface area contributed by atoms with Gasteiger partial charge in [0.15, 0.2) is 0 Å². The van der Waals surface area contributed by atoms with E-state index in [-0.39, 0.29) is 0 Å². The number of aryl methyl sites for hydroxylation is 1. The summed E-state index contributed by atoms with van der Waals surface area (Å²) in [5, 5.41) is 3.51. The summed E-state index contributed by atoms with van der Waals surface area (Å²) in [4.78, 5) is 4.21. The van der Waals surface area contributed by atoms with Crippen molar-refractivity contribution in [1.82, 2.24) is 10.3 Å². The van der Waals surface area contributed by atoms with Crippen LogP contribution in [0.3, 0.4) is 0 Å². The van der Waals surface area contributed by atoms with E-state index in [0.717, 1.165) is 19.0 Å². The second-order valence-electron chi connectivity index (χ2n) is 5.34. The highest BCUT2D eigenvalue weighted by atomic mass is 14.8. The first-order valence-corrected chi connectivity index (χ1v) is 6.96. The predicted molar refractivity (Wildman–Crippen MR) is 71.9 cm³/mol. The number of nitrogens with one attached hydrogen (secondary N) is 1. The summed E-state index contributed by atoms with van der Waals surface area (Å²) in [7, 11) is 0. The molecule has 0 bridgehead atoms. The van der Waals surface area contributed by atoms with Crippen molar-refractivity contribution in [1.29, 1.82) is 0 Å². The second kappa shape index (κ2) is 6.75. The summed E-state index contributed by atoms with van der Waals surface area (Å²) in [6, 6.07) is 2.21. The van der Waals surface area contributed by atoms with E-state index in [0.29, 0.717) is 0 Å². The summed E-state index contributed by atoms with van der Waals surface area (Å²) in [6.45, 7) is 4.19. The highest BCUT2D eigenvalue weighted by molar-refractivity contribution is 5.16. The van der Waals surface area contributed by atoms with Crippen LogP contribution in [0.2, 0.25) is 0 Å². The smallest absolute Gasteiger partial charge is 0.0313 e. The lowest BCUT2D eigenvalue weighted by Crippen LogP contribution is -2.15. The molecule has 2 nitrogen and oxygen atoms in total. The minimum absolute atomic E-state index is 0.958. The van der Waals surface area contributed by atoms with Crippen molar-refractivity contribution in [3.05, 3.63) is 29.6 Å². The first-order valence-electron chi connectivity index (χ1n) is 6.96. The van der Waals surface area contributed by atoms with E-state index in [1.807, 2.05) is 12.4 Å². The van der Waals surface area contributed by atoms with Crippen LogP contribution in [0.4, 0.5) is 0 Å². The van der Waals surface area contributed by atoms with Gasteiger partial charge in [0, 0.05) is 18.9 Å². The molecule has 1 fully saturated rings. The maximum Gasteiger partial charge on any atom is 0.0313 e. The molecule has 0 amide bonds. The van der Waals surface area contributed by atoms with Gasteiger partial charge in [0.05, 0.1) is 0 Å². The van der Waals surface area contributed by atoms with Crippen LogP contribution in [0.15, 0.2) is 18.5 Å². The molecular formula is C15H24N2. The third-order valence-corrected chi connectivity index (χ3v) is 3.70. The summed E-state index contributed by atoms with van der Waals surface area (Å²) >= 11 is 0. The van der Waals surface area contributed by atoms with Gasteiger partial charge in [-0.3, -0.25) is 4.98 Å². The first kappa shape index (κ1) is 12.6. The van der Waals surface area contributed by atoms with E-state index in [2.05, 4.69) is 23.3 Å². The molecule has 1 N–H and O–H groups in total. The largest absolute Gasteiger partial charge is 0.313 e. The van der Waals surface area contributed by atoms with Crippen LogP contribution in [0.1, 0.15) is 49.7 Å². The van der Waals surface area contributed by atoms with Crippen molar-refractivity contribution in [3.8, 4) is 0 Å². The van der Waals surface area contributed by atoms with Gasteiger partial charge in [0.25, 0.3) is 0 Å². The minimum Gasteiger partial charge on any atom is -0.313 e. The number of aromatic nitrogens is 1. The molecule has 1 heterocycles. The molecule has 1 aromatic heterocycles. The van der Waals surface area contributed by atoms with Crippen LogP contribution in [0.25, 0.3) is 0 Å². The van der Waals surface area contributed by atoms with Gasteiger partial charge in [-0.05, 0) is 43.4 Å². The Balaban J connectivity index is 1.56. The molecule has 0 aliphatic heterocycles. The van der Waals surface area contributed by atoms with Crippen LogP contribution in [0, 0.1) is 12.8 Å². The summed E-state index contributed by atoms with van der Waals surface area (Å²) in [5.41, 5.74) is 2.54. The van der Waals surface area contributed by atoms with Crippen LogP contribution in [0.5, 0.6) is 0 Å². The van der Waals surface area contributed by atoms with Crippen molar-refractivity contribution in [2.45, 2.75) is 52.0 Å². The molecule has 1 saturated carbocycles. The van der Waals surface area contributed by atoms with Crippen LogP contribution in [-0.4, -0.2) is 11.5 Å². The molecule has 0 saturated heterocycles. The second-order valence-corrected chi connectivity index (χ2v) is 5.34. The lowest BCUT2D eigenvalue weighted by molar-refractivity contribution is 0.470. The topological polar surface area (TPSA) is 24.9 Å². The van der Waals surface area contributed by atoms with Gasteiger partial charge < -0.3 is 5.32 Å². The zero-order valence-electron chi connectivity index (χ0n) is 10.9. The van der Waals surface area contributed by atoms with Gasteiger partial charge in [-0.25, -0.2) is 0 Å². The van der Waals surface area contributed by atoms with E-state index in [4.69, 9.17) is 0 Å². The summed E-state index contributed by atoms with van der Waals surface area (Å²) in [6.07, 6.45) is 12.5. The first-order chi connectivity index (χ1) is 8.34. The quantitative estimate of drug-likeness (QED) is 0.760. The zero-order chi connectivity index (χ0) is 11.9. The van der Waals surface area contributed by atoms with E-state index in [1.54, 1.807) is 0 Å². The fourth-order valence-corrected chi connectivity index (χ4v) is 2.76. The molecular weight excluding hydrogens is 208 g/mol. The predicted octanol–water partition coefficient (Wildman–Crippen LogP) is 3.45. The molecule has 94 valence electrons. The number of nitrogens with zero attached hydrogens (tertiary/aromatic N) is 1. The molecule has 2 heteroatoms. The molecule has 1 aliphatic carbocycles. The van der Waals surface area contributed by atoms with Gasteiger partial charge >= 0.3 is 0 Å². The highest BCUT2D eigenvalue weighted by Crippen LogP contribution is 2.28. The summed E-state index contributed by atoms with van der Waals surface area (Å²) < 4.78 is 0. The Morgan fingerprint density at radius 2 is 2.12 bits per heavy atom. The zero-order valence-corrected chi connectivity index (χ0v) is 10.9. The number of pyridine rings is 1. The van der Waals surface area contributed by atoms with Crippen molar-refractivity contribution in [3.63, 3.8) is 0 Å². The van der Waals surface area contributed by atoms with Gasteiger partial charge in [0.2, 0.25) is 0 Å². The third kappa shape index (κ3) is 4.47. The Kier molecular flexibility index (Phi) is 4.99. The lowest BCUT2D eigenvalue weighted by atomic mass is 10.0. The maximum atomic E-state index is 4.21. The average Bonchev–Trinajstić information content (AvgIpc) is 2.82. The van der Waals surface area contributed by atoms with E-state index in [9.17, 15) is 0 Å². The Labute approximate surface area is 105 Å². The summed E-state index contributed by atoms with van der Waals surface area (Å²) in [5.74, 6) is 1.03. The minimum atomic E-state index is 0.958.